The SMILES string of the molecule is COc1ccc(CC(=O)Nc2ncccc2OCC2CCCCC2)c(OC)c1. The molecule has 1 aliphatic carbocycles. The molecule has 1 aliphatic rings. The summed E-state index contributed by atoms with van der Waals surface area (Å²) in [6, 6.07) is 9.07. The summed E-state index contributed by atoms with van der Waals surface area (Å²) in [5.74, 6) is 2.78. The lowest BCUT2D eigenvalue weighted by molar-refractivity contribution is -0.115. The predicted octanol–water partition coefficient (Wildman–Crippen LogP) is 4.24. The standard InChI is InChI=1S/C22H28N2O4/c1-26-18-11-10-17(20(14-18)27-2)13-21(25)24-22-19(9-6-12-23-22)28-15-16-7-4-3-5-8-16/h6,9-12,14,16H,3-5,7-8,13,15H2,1-2H3,(H,23,24,25). The van der Waals surface area contributed by atoms with Crippen LogP contribution in [0.3, 0.4) is 0 Å². The first-order valence-electron chi connectivity index (χ1n) is 9.78. The number of rotatable bonds is 8. The Kier molecular flexibility index (Phi) is 7.12. The Morgan fingerprint density at radius 3 is 2.68 bits per heavy atom. The van der Waals surface area contributed by atoms with E-state index in [-0.39, 0.29) is 12.3 Å². The van der Waals surface area contributed by atoms with Gasteiger partial charge in [-0.1, -0.05) is 25.3 Å². The van der Waals surface area contributed by atoms with Gasteiger partial charge in [-0.25, -0.2) is 4.98 Å². The fourth-order valence-corrected chi connectivity index (χ4v) is 3.51. The molecule has 1 aromatic heterocycles. The minimum atomic E-state index is -0.176. The summed E-state index contributed by atoms with van der Waals surface area (Å²) in [6.45, 7) is 0.668. The first kappa shape index (κ1) is 20.0. The smallest absolute Gasteiger partial charge is 0.230 e. The third-order valence-electron chi connectivity index (χ3n) is 5.07. The number of hydrogen-bond acceptors (Lipinski definition) is 5. The maximum atomic E-state index is 12.6. The second kappa shape index (κ2) is 9.97. The number of hydrogen-bond donors (Lipinski definition) is 1. The number of benzene rings is 1. The summed E-state index contributed by atoms with van der Waals surface area (Å²) in [4.78, 5) is 16.9. The van der Waals surface area contributed by atoms with Crippen molar-refractivity contribution in [2.45, 2.75) is 38.5 Å². The second-order valence-electron chi connectivity index (χ2n) is 7.07. The topological polar surface area (TPSA) is 69.7 Å². The molecule has 0 spiro atoms. The number of carbonyl (C=O) groups is 1. The van der Waals surface area contributed by atoms with Crippen LogP contribution in [0.15, 0.2) is 36.5 Å². The molecule has 0 aliphatic heterocycles. The van der Waals surface area contributed by atoms with Gasteiger partial charge < -0.3 is 19.5 Å². The van der Waals surface area contributed by atoms with E-state index in [1.165, 1.54) is 32.1 Å². The zero-order valence-electron chi connectivity index (χ0n) is 16.6. The van der Waals surface area contributed by atoms with Gasteiger partial charge in [-0.2, -0.15) is 0 Å². The van der Waals surface area contributed by atoms with E-state index in [2.05, 4.69) is 10.3 Å². The van der Waals surface area contributed by atoms with Gasteiger partial charge in [0, 0.05) is 17.8 Å². The van der Waals surface area contributed by atoms with Crippen LogP contribution in [-0.4, -0.2) is 31.7 Å². The Bertz CT molecular complexity index is 788. The third-order valence-corrected chi connectivity index (χ3v) is 5.07. The normalized spacial score (nSPS) is 14.4. The number of nitrogens with zero attached hydrogens (tertiary/aromatic N) is 1. The molecule has 150 valence electrons. The lowest BCUT2D eigenvalue weighted by Crippen LogP contribution is -2.19. The van der Waals surface area contributed by atoms with E-state index in [9.17, 15) is 4.79 Å². The summed E-state index contributed by atoms with van der Waals surface area (Å²) < 4.78 is 16.6. The maximum Gasteiger partial charge on any atom is 0.230 e. The van der Waals surface area contributed by atoms with Crippen LogP contribution in [0.25, 0.3) is 0 Å². The number of aromatic nitrogens is 1. The molecule has 1 N–H and O–H groups in total. The Morgan fingerprint density at radius 1 is 1.11 bits per heavy atom. The van der Waals surface area contributed by atoms with E-state index in [0.717, 1.165) is 5.56 Å². The van der Waals surface area contributed by atoms with Crippen molar-refractivity contribution in [1.82, 2.24) is 4.98 Å². The van der Waals surface area contributed by atoms with Crippen molar-refractivity contribution in [1.29, 1.82) is 0 Å². The van der Waals surface area contributed by atoms with Crippen molar-refractivity contribution in [3.05, 3.63) is 42.1 Å². The average molecular weight is 384 g/mol. The van der Waals surface area contributed by atoms with Gasteiger partial charge in [-0.15, -0.1) is 0 Å². The molecule has 0 saturated heterocycles. The first-order valence-corrected chi connectivity index (χ1v) is 9.78. The number of methoxy groups -OCH3 is 2. The molecule has 6 heteroatoms. The largest absolute Gasteiger partial charge is 0.497 e. The minimum absolute atomic E-state index is 0.172. The van der Waals surface area contributed by atoms with E-state index < -0.39 is 0 Å². The molecule has 3 rings (SSSR count). The van der Waals surface area contributed by atoms with E-state index in [0.29, 0.717) is 35.6 Å². The van der Waals surface area contributed by atoms with Crippen molar-refractivity contribution in [3.63, 3.8) is 0 Å². The van der Waals surface area contributed by atoms with Crippen LogP contribution in [0.4, 0.5) is 5.82 Å². The van der Waals surface area contributed by atoms with Gasteiger partial charge in [0.05, 0.1) is 27.2 Å². The Labute approximate surface area is 166 Å². The van der Waals surface area contributed by atoms with Gasteiger partial charge in [-0.3, -0.25) is 4.79 Å². The molecule has 1 amide bonds. The number of carbonyl (C=O) groups excluding carboxylic acids is 1. The van der Waals surface area contributed by atoms with E-state index in [4.69, 9.17) is 14.2 Å². The minimum Gasteiger partial charge on any atom is -0.497 e. The van der Waals surface area contributed by atoms with Gasteiger partial charge in [0.1, 0.15) is 11.5 Å². The third kappa shape index (κ3) is 5.38. The molecule has 6 nitrogen and oxygen atoms in total. The fourth-order valence-electron chi connectivity index (χ4n) is 3.51. The quantitative estimate of drug-likeness (QED) is 0.737. The van der Waals surface area contributed by atoms with Crippen LogP contribution in [-0.2, 0) is 11.2 Å². The van der Waals surface area contributed by atoms with Gasteiger partial charge in [0.15, 0.2) is 11.6 Å². The van der Waals surface area contributed by atoms with Crippen molar-refractivity contribution >= 4 is 11.7 Å². The van der Waals surface area contributed by atoms with E-state index in [1.807, 2.05) is 24.3 Å². The number of nitrogens with one attached hydrogen (secondary N) is 1. The van der Waals surface area contributed by atoms with Crippen LogP contribution >= 0.6 is 0 Å². The zero-order chi connectivity index (χ0) is 19.8. The van der Waals surface area contributed by atoms with Crippen LogP contribution in [0.5, 0.6) is 17.2 Å². The summed E-state index contributed by atoms with van der Waals surface area (Å²) in [6.07, 6.45) is 8.10. The molecule has 2 aromatic rings. The van der Waals surface area contributed by atoms with Crippen molar-refractivity contribution in [3.8, 4) is 17.2 Å². The molecule has 0 atom stereocenters. The highest BCUT2D eigenvalue weighted by atomic mass is 16.5. The maximum absolute atomic E-state index is 12.6. The van der Waals surface area contributed by atoms with Crippen LogP contribution in [0.2, 0.25) is 0 Å². The number of anilines is 1. The first-order chi connectivity index (χ1) is 13.7. The Hall–Kier alpha value is -2.76. The van der Waals surface area contributed by atoms with Crippen molar-refractivity contribution in [2.24, 2.45) is 5.92 Å². The number of amides is 1. The molecular weight excluding hydrogens is 356 g/mol. The molecule has 0 radical (unpaired) electrons. The lowest BCUT2D eigenvalue weighted by Gasteiger charge is -2.22. The van der Waals surface area contributed by atoms with Crippen LogP contribution < -0.4 is 19.5 Å². The zero-order valence-corrected chi connectivity index (χ0v) is 16.6. The second-order valence-corrected chi connectivity index (χ2v) is 7.07. The summed E-state index contributed by atoms with van der Waals surface area (Å²) in [7, 11) is 3.17. The van der Waals surface area contributed by atoms with Gasteiger partial charge in [0.2, 0.25) is 5.91 Å². The molecule has 28 heavy (non-hydrogen) atoms. The lowest BCUT2D eigenvalue weighted by atomic mass is 9.90. The molecule has 1 saturated carbocycles. The number of ether oxygens (including phenoxy) is 3. The highest BCUT2D eigenvalue weighted by Crippen LogP contribution is 2.28. The Balaban J connectivity index is 1.62. The summed E-state index contributed by atoms with van der Waals surface area (Å²) >= 11 is 0. The van der Waals surface area contributed by atoms with Crippen molar-refractivity contribution in [2.75, 3.05) is 26.1 Å². The van der Waals surface area contributed by atoms with Gasteiger partial charge >= 0.3 is 0 Å². The van der Waals surface area contributed by atoms with E-state index >= 15 is 0 Å². The molecule has 1 aromatic carbocycles. The molecular formula is C22H28N2O4. The molecule has 1 fully saturated rings. The monoisotopic (exact) mass is 384 g/mol. The number of pyridine rings is 1. The Morgan fingerprint density at radius 2 is 1.93 bits per heavy atom. The van der Waals surface area contributed by atoms with Gasteiger partial charge in [0.25, 0.3) is 0 Å². The summed E-state index contributed by atoms with van der Waals surface area (Å²) in [5.41, 5.74) is 0.779. The molecule has 0 bridgehead atoms. The predicted molar refractivity (Wildman–Crippen MR) is 108 cm³/mol. The van der Waals surface area contributed by atoms with Crippen LogP contribution in [0.1, 0.15) is 37.7 Å². The van der Waals surface area contributed by atoms with Crippen LogP contribution in [0, 0.1) is 5.92 Å². The fraction of sp³-hybridized carbons (Fsp3) is 0.455. The summed E-state index contributed by atoms with van der Waals surface area (Å²) in [5, 5.41) is 2.86. The highest BCUT2D eigenvalue weighted by Gasteiger charge is 2.17. The van der Waals surface area contributed by atoms with E-state index in [1.54, 1.807) is 26.5 Å². The molecule has 0 unspecified atom stereocenters. The average Bonchev–Trinajstić information content (AvgIpc) is 2.74. The highest BCUT2D eigenvalue weighted by molar-refractivity contribution is 5.93. The van der Waals surface area contributed by atoms with Crippen molar-refractivity contribution < 1.29 is 19.0 Å². The molecule has 1 heterocycles. The van der Waals surface area contributed by atoms with Gasteiger partial charge in [-0.05, 0) is 37.0 Å².